The van der Waals surface area contributed by atoms with Gasteiger partial charge in [0.2, 0.25) is 0 Å². The average Bonchev–Trinajstić information content (AvgIpc) is 3.47. The Bertz CT molecular complexity index is 1940. The number of thiophene rings is 1. The summed E-state index contributed by atoms with van der Waals surface area (Å²) in [4.78, 5) is 12.2. The Labute approximate surface area is 263 Å². The second-order valence-corrected chi connectivity index (χ2v) is 13.4. The zero-order valence-electron chi connectivity index (χ0n) is 24.5. The molecule has 2 aromatic carbocycles. The van der Waals surface area contributed by atoms with Gasteiger partial charge in [-0.25, -0.2) is 13.2 Å². The number of benzene rings is 2. The van der Waals surface area contributed by atoms with Gasteiger partial charge in [-0.1, -0.05) is 6.07 Å². The SMILES string of the molecule is CN(c1nc(OC[C@@]23CCCN2C[C@H](F)C3)nc2c(F)c(-c3ccc(F)c4sc(N)c(C#N)c34)c(C(F)(F)F)cc12)C1(CO)CC1. The standard InChI is InChI=1S/C31H28F6N6O2S/c1-42(29(13-44)6-7-29)27-17-9-19(31(35,36)37)22(16-3-4-20(33)25-21(16)18(11-38)26(39)46-25)23(34)24(17)40-28(41-27)45-14-30-5-2-8-43(30)12-15(32)10-30/h3-4,9,15,44H,2,5-8,10,12-14,39H2,1H3/t15-,30+/m1/s1. The van der Waals surface area contributed by atoms with Gasteiger partial charge in [-0.2, -0.15) is 28.4 Å². The van der Waals surface area contributed by atoms with Gasteiger partial charge in [0.15, 0.2) is 5.82 Å². The summed E-state index contributed by atoms with van der Waals surface area (Å²) in [5, 5.41) is 19.2. The molecular formula is C31H28F6N6O2S. The molecule has 0 unspecified atom stereocenters. The van der Waals surface area contributed by atoms with Crippen LogP contribution >= 0.6 is 11.3 Å². The molecule has 1 aliphatic carbocycles. The van der Waals surface area contributed by atoms with E-state index >= 15 is 4.39 Å². The van der Waals surface area contributed by atoms with Gasteiger partial charge in [-0.3, -0.25) is 4.90 Å². The molecule has 2 aliphatic heterocycles. The molecule has 2 aromatic heterocycles. The summed E-state index contributed by atoms with van der Waals surface area (Å²) in [5.74, 6) is -2.29. The number of hydrogen-bond donors (Lipinski definition) is 2. The molecule has 0 radical (unpaired) electrons. The Kier molecular flexibility index (Phi) is 7.08. The van der Waals surface area contributed by atoms with Crippen LogP contribution < -0.4 is 15.4 Å². The fourth-order valence-electron chi connectivity index (χ4n) is 7.12. The minimum absolute atomic E-state index is 0.0133. The molecule has 7 rings (SSSR count). The number of aliphatic hydroxyl groups excluding tert-OH is 1. The average molecular weight is 663 g/mol. The van der Waals surface area contributed by atoms with Crippen LogP contribution in [0.4, 0.5) is 37.2 Å². The Morgan fingerprint density at radius 1 is 1.24 bits per heavy atom. The normalized spacial score (nSPS) is 22.4. The van der Waals surface area contributed by atoms with Gasteiger partial charge < -0.3 is 20.5 Å². The predicted octanol–water partition coefficient (Wildman–Crippen LogP) is 6.18. The lowest BCUT2D eigenvalue weighted by molar-refractivity contribution is -0.137. The van der Waals surface area contributed by atoms with Crippen molar-refractivity contribution in [1.29, 1.82) is 5.26 Å². The van der Waals surface area contributed by atoms with Crippen LogP contribution in [0.3, 0.4) is 0 Å². The molecular weight excluding hydrogens is 634 g/mol. The van der Waals surface area contributed by atoms with E-state index in [0.29, 0.717) is 37.1 Å². The van der Waals surface area contributed by atoms with Crippen LogP contribution in [-0.2, 0) is 6.18 Å². The highest BCUT2D eigenvalue weighted by Gasteiger charge is 2.50. The molecule has 4 aromatic rings. The van der Waals surface area contributed by atoms with Gasteiger partial charge in [-0.15, -0.1) is 11.3 Å². The lowest BCUT2D eigenvalue weighted by atomic mass is 9.92. The summed E-state index contributed by atoms with van der Waals surface area (Å²) in [5.41, 5.74) is 1.02. The number of fused-ring (bicyclic) bond motifs is 3. The van der Waals surface area contributed by atoms with Crippen molar-refractivity contribution in [3.8, 4) is 23.2 Å². The van der Waals surface area contributed by atoms with E-state index in [1.165, 1.54) is 4.90 Å². The summed E-state index contributed by atoms with van der Waals surface area (Å²) in [6.07, 6.45) is -3.36. The maximum absolute atomic E-state index is 16.9. The molecule has 0 amide bonds. The van der Waals surface area contributed by atoms with Gasteiger partial charge in [0.25, 0.3) is 0 Å². The first kappa shape index (κ1) is 30.8. The van der Waals surface area contributed by atoms with Crippen molar-refractivity contribution >= 4 is 43.1 Å². The van der Waals surface area contributed by atoms with Crippen LogP contribution in [0.5, 0.6) is 6.01 Å². The Hall–Kier alpha value is -3.87. The number of nitrogens with two attached hydrogens (primary N) is 1. The van der Waals surface area contributed by atoms with Crippen molar-refractivity contribution in [1.82, 2.24) is 14.9 Å². The second kappa shape index (κ2) is 10.6. The zero-order valence-corrected chi connectivity index (χ0v) is 25.3. The van der Waals surface area contributed by atoms with E-state index in [4.69, 9.17) is 10.5 Å². The second-order valence-electron chi connectivity index (χ2n) is 12.4. The van der Waals surface area contributed by atoms with Gasteiger partial charge in [0.05, 0.1) is 33.5 Å². The number of alkyl halides is 4. The third-order valence-electron chi connectivity index (χ3n) is 9.78. The van der Waals surface area contributed by atoms with Crippen LogP contribution in [0.1, 0.15) is 43.2 Å². The number of nitrogen functional groups attached to an aromatic ring is 1. The van der Waals surface area contributed by atoms with E-state index in [1.807, 2.05) is 4.90 Å². The highest BCUT2D eigenvalue weighted by molar-refractivity contribution is 7.23. The summed E-state index contributed by atoms with van der Waals surface area (Å²) in [6.45, 7) is 0.618. The summed E-state index contributed by atoms with van der Waals surface area (Å²) < 4.78 is 96.3. The molecule has 0 bridgehead atoms. The fraction of sp³-hybridized carbons (Fsp3) is 0.452. The van der Waals surface area contributed by atoms with Crippen LogP contribution in [0.15, 0.2) is 18.2 Å². The minimum Gasteiger partial charge on any atom is -0.461 e. The Morgan fingerprint density at radius 2 is 2.00 bits per heavy atom. The van der Waals surface area contributed by atoms with Crippen LogP contribution in [0.25, 0.3) is 32.1 Å². The van der Waals surface area contributed by atoms with E-state index in [9.17, 15) is 32.3 Å². The van der Waals surface area contributed by atoms with Crippen molar-refractivity contribution in [2.24, 2.45) is 0 Å². The number of aromatic nitrogens is 2. The highest BCUT2D eigenvalue weighted by Crippen LogP contribution is 2.50. The molecule has 242 valence electrons. The first-order valence-corrected chi connectivity index (χ1v) is 15.5. The molecule has 2 atom stereocenters. The molecule has 3 N–H and O–H groups in total. The minimum atomic E-state index is -5.10. The summed E-state index contributed by atoms with van der Waals surface area (Å²) >= 11 is 0.678. The zero-order chi connectivity index (χ0) is 32.8. The largest absolute Gasteiger partial charge is 0.461 e. The lowest BCUT2D eigenvalue weighted by Gasteiger charge is -2.32. The lowest BCUT2D eigenvalue weighted by Crippen LogP contribution is -2.43. The molecule has 46 heavy (non-hydrogen) atoms. The molecule has 0 spiro atoms. The number of anilines is 2. The monoisotopic (exact) mass is 662 g/mol. The number of rotatable bonds is 7. The Balaban J connectivity index is 1.47. The van der Waals surface area contributed by atoms with Crippen LogP contribution in [0.2, 0.25) is 0 Å². The van der Waals surface area contributed by atoms with Crippen LogP contribution in [-0.4, -0.2) is 70.6 Å². The molecule has 15 heteroatoms. The van der Waals surface area contributed by atoms with Gasteiger partial charge in [0.1, 0.15) is 41.0 Å². The van der Waals surface area contributed by atoms with Crippen molar-refractivity contribution < 1.29 is 36.2 Å². The maximum Gasteiger partial charge on any atom is 0.417 e. The smallest absolute Gasteiger partial charge is 0.417 e. The van der Waals surface area contributed by atoms with E-state index in [2.05, 4.69) is 9.97 Å². The fourth-order valence-corrected chi connectivity index (χ4v) is 8.07. The number of nitrogens with zero attached hydrogens (tertiary/aromatic N) is 5. The summed E-state index contributed by atoms with van der Waals surface area (Å²) in [7, 11) is 1.55. The molecule has 3 aliphatic rings. The van der Waals surface area contributed by atoms with E-state index in [1.54, 1.807) is 13.1 Å². The van der Waals surface area contributed by atoms with Crippen molar-refractivity contribution in [3.05, 3.63) is 41.0 Å². The quantitative estimate of drug-likeness (QED) is 0.226. The highest BCUT2D eigenvalue weighted by atomic mass is 32.1. The number of aliphatic hydroxyl groups is 1. The van der Waals surface area contributed by atoms with Gasteiger partial charge >= 0.3 is 12.2 Å². The van der Waals surface area contributed by atoms with E-state index in [0.717, 1.165) is 24.6 Å². The third-order valence-corrected chi connectivity index (χ3v) is 10.8. The van der Waals surface area contributed by atoms with Crippen molar-refractivity contribution in [2.45, 2.75) is 55.5 Å². The summed E-state index contributed by atoms with van der Waals surface area (Å²) in [6, 6.07) is 4.10. The predicted molar refractivity (Wildman–Crippen MR) is 160 cm³/mol. The van der Waals surface area contributed by atoms with E-state index < -0.39 is 51.7 Å². The first-order valence-electron chi connectivity index (χ1n) is 14.7. The Morgan fingerprint density at radius 3 is 2.67 bits per heavy atom. The third kappa shape index (κ3) is 4.64. The molecule has 4 heterocycles. The van der Waals surface area contributed by atoms with Gasteiger partial charge in [0, 0.05) is 36.3 Å². The topological polar surface area (TPSA) is 112 Å². The number of nitriles is 1. The van der Waals surface area contributed by atoms with E-state index in [-0.39, 0.29) is 69.6 Å². The number of likely N-dealkylation sites (N-methyl/N-ethyl adjacent to an activating group) is 1. The van der Waals surface area contributed by atoms with Crippen LogP contribution in [0, 0.1) is 23.0 Å². The molecule has 3 fully saturated rings. The van der Waals surface area contributed by atoms with Crippen molar-refractivity contribution in [2.75, 3.05) is 44.0 Å². The number of halogens is 6. The van der Waals surface area contributed by atoms with Crippen molar-refractivity contribution in [3.63, 3.8) is 0 Å². The number of hydrogen-bond acceptors (Lipinski definition) is 9. The van der Waals surface area contributed by atoms with Gasteiger partial charge in [-0.05, 0) is 49.9 Å². The first-order chi connectivity index (χ1) is 21.8. The number of ether oxygens (including phenoxy) is 1. The molecule has 8 nitrogen and oxygen atoms in total. The molecule has 2 saturated heterocycles. The maximum atomic E-state index is 16.9. The molecule has 1 saturated carbocycles.